The first kappa shape index (κ1) is 12.9. The standard InChI is InChI=1S/C12H18N.H2O/c1-5-11-6-8-12(9-7-11)10-13(2,3)4;/h5-9H,1,10H2,2-4H3;1H2/q+1;/p-1. The topological polar surface area (TPSA) is 30.0 Å². The summed E-state index contributed by atoms with van der Waals surface area (Å²) in [4.78, 5) is 0. The van der Waals surface area contributed by atoms with Gasteiger partial charge in [0, 0.05) is 5.56 Å². The van der Waals surface area contributed by atoms with Crippen LogP contribution in [0.15, 0.2) is 30.8 Å². The Kier molecular flexibility index (Phi) is 4.54. The van der Waals surface area contributed by atoms with Gasteiger partial charge in [0.15, 0.2) is 0 Å². The van der Waals surface area contributed by atoms with E-state index >= 15 is 0 Å². The van der Waals surface area contributed by atoms with Gasteiger partial charge in [0.25, 0.3) is 0 Å². The van der Waals surface area contributed by atoms with Crippen LogP contribution in [0.5, 0.6) is 0 Å². The van der Waals surface area contributed by atoms with Gasteiger partial charge in [0.1, 0.15) is 6.54 Å². The number of rotatable bonds is 3. The van der Waals surface area contributed by atoms with Gasteiger partial charge >= 0.3 is 0 Å². The van der Waals surface area contributed by atoms with Gasteiger partial charge in [-0.3, -0.25) is 0 Å². The SMILES string of the molecule is C=Cc1ccc(C[N+](C)(C)C)cc1.[OH-]. The molecule has 0 aliphatic carbocycles. The Labute approximate surface area is 86.4 Å². The highest BCUT2D eigenvalue weighted by molar-refractivity contribution is 5.47. The molecule has 14 heavy (non-hydrogen) atoms. The molecule has 1 aromatic carbocycles. The minimum atomic E-state index is 0. The normalized spacial score (nSPS) is 10.5. The Bertz CT molecular complexity index is 282. The maximum absolute atomic E-state index is 3.73. The first-order chi connectivity index (χ1) is 6.01. The van der Waals surface area contributed by atoms with Gasteiger partial charge in [-0.1, -0.05) is 36.9 Å². The second-order valence-corrected chi connectivity index (χ2v) is 4.39. The first-order valence-electron chi connectivity index (χ1n) is 4.53. The summed E-state index contributed by atoms with van der Waals surface area (Å²) in [6, 6.07) is 8.55. The summed E-state index contributed by atoms with van der Waals surface area (Å²) in [6.07, 6.45) is 1.87. The lowest BCUT2D eigenvalue weighted by Gasteiger charge is -2.23. The Balaban J connectivity index is 0.00000169. The van der Waals surface area contributed by atoms with Crippen LogP contribution in [-0.4, -0.2) is 31.1 Å². The van der Waals surface area contributed by atoms with Gasteiger partial charge in [-0.25, -0.2) is 0 Å². The van der Waals surface area contributed by atoms with Crippen LogP contribution < -0.4 is 0 Å². The Morgan fingerprint density at radius 3 is 2.00 bits per heavy atom. The van der Waals surface area contributed by atoms with Crippen molar-refractivity contribution in [3.8, 4) is 0 Å². The summed E-state index contributed by atoms with van der Waals surface area (Å²) in [7, 11) is 6.59. The molecule has 0 saturated heterocycles. The largest absolute Gasteiger partial charge is 0.870 e. The van der Waals surface area contributed by atoms with Crippen LogP contribution in [0.25, 0.3) is 6.08 Å². The van der Waals surface area contributed by atoms with Crippen molar-refractivity contribution in [3.63, 3.8) is 0 Å². The predicted octanol–water partition coefficient (Wildman–Crippen LogP) is 2.36. The summed E-state index contributed by atoms with van der Waals surface area (Å²) in [5, 5.41) is 0. The lowest BCUT2D eigenvalue weighted by Crippen LogP contribution is -2.33. The van der Waals surface area contributed by atoms with Crippen LogP contribution in [0.4, 0.5) is 0 Å². The molecular weight excluding hydrogens is 174 g/mol. The molecule has 2 heteroatoms. The minimum absolute atomic E-state index is 0. The third-order valence-electron chi connectivity index (χ3n) is 1.87. The van der Waals surface area contributed by atoms with Gasteiger partial charge in [0.05, 0.1) is 21.1 Å². The maximum Gasteiger partial charge on any atom is 0.104 e. The molecule has 0 bridgehead atoms. The Hall–Kier alpha value is -1.12. The van der Waals surface area contributed by atoms with E-state index in [-0.39, 0.29) is 5.48 Å². The number of hydrogen-bond donors (Lipinski definition) is 0. The van der Waals surface area contributed by atoms with Crippen LogP contribution in [0.2, 0.25) is 0 Å². The molecule has 1 rings (SSSR count). The van der Waals surface area contributed by atoms with E-state index < -0.39 is 0 Å². The summed E-state index contributed by atoms with van der Waals surface area (Å²) in [5.74, 6) is 0. The van der Waals surface area contributed by atoms with Crippen molar-refractivity contribution < 1.29 is 9.96 Å². The van der Waals surface area contributed by atoms with E-state index in [1.807, 2.05) is 6.08 Å². The summed E-state index contributed by atoms with van der Waals surface area (Å²) in [5.41, 5.74) is 2.56. The third kappa shape index (κ3) is 4.21. The lowest BCUT2D eigenvalue weighted by atomic mass is 10.1. The predicted molar refractivity (Wildman–Crippen MR) is 60.2 cm³/mol. The van der Waals surface area contributed by atoms with Gasteiger partial charge < -0.3 is 9.96 Å². The average molecular weight is 193 g/mol. The van der Waals surface area contributed by atoms with E-state index in [4.69, 9.17) is 0 Å². The second kappa shape index (κ2) is 4.94. The van der Waals surface area contributed by atoms with E-state index in [1.54, 1.807) is 0 Å². The zero-order valence-corrected chi connectivity index (χ0v) is 9.20. The molecule has 0 unspecified atom stereocenters. The van der Waals surface area contributed by atoms with Crippen molar-refractivity contribution in [2.45, 2.75) is 6.54 Å². The van der Waals surface area contributed by atoms with Crippen molar-refractivity contribution in [3.05, 3.63) is 42.0 Å². The number of benzene rings is 1. The van der Waals surface area contributed by atoms with Crippen molar-refractivity contribution in [2.75, 3.05) is 21.1 Å². The highest BCUT2D eigenvalue weighted by atomic mass is 16.0. The zero-order chi connectivity index (χ0) is 9.90. The van der Waals surface area contributed by atoms with E-state index in [9.17, 15) is 0 Å². The summed E-state index contributed by atoms with van der Waals surface area (Å²) < 4.78 is 0.966. The second-order valence-electron chi connectivity index (χ2n) is 4.39. The molecule has 0 saturated carbocycles. The summed E-state index contributed by atoms with van der Waals surface area (Å²) >= 11 is 0. The third-order valence-corrected chi connectivity index (χ3v) is 1.87. The zero-order valence-electron chi connectivity index (χ0n) is 9.20. The highest BCUT2D eigenvalue weighted by Crippen LogP contribution is 2.09. The fourth-order valence-corrected chi connectivity index (χ4v) is 1.31. The first-order valence-corrected chi connectivity index (χ1v) is 4.53. The maximum atomic E-state index is 3.73. The van der Waals surface area contributed by atoms with E-state index in [2.05, 4.69) is 52.0 Å². The lowest BCUT2D eigenvalue weighted by molar-refractivity contribution is -0.884. The van der Waals surface area contributed by atoms with Crippen molar-refractivity contribution >= 4 is 6.08 Å². The molecule has 78 valence electrons. The van der Waals surface area contributed by atoms with Gasteiger partial charge in [-0.2, -0.15) is 0 Å². The van der Waals surface area contributed by atoms with Crippen LogP contribution in [0.3, 0.4) is 0 Å². The monoisotopic (exact) mass is 193 g/mol. The smallest absolute Gasteiger partial charge is 0.104 e. The van der Waals surface area contributed by atoms with Gasteiger partial charge in [-0.05, 0) is 5.56 Å². The molecular formula is C12H19NO. The molecule has 1 N–H and O–H groups in total. The molecule has 0 aromatic heterocycles. The molecule has 0 atom stereocenters. The van der Waals surface area contributed by atoms with E-state index in [0.29, 0.717) is 0 Å². The van der Waals surface area contributed by atoms with Gasteiger partial charge in [0.2, 0.25) is 0 Å². The summed E-state index contributed by atoms with van der Waals surface area (Å²) in [6.45, 7) is 4.80. The molecule has 0 aliphatic rings. The molecule has 0 spiro atoms. The fourth-order valence-electron chi connectivity index (χ4n) is 1.31. The minimum Gasteiger partial charge on any atom is -0.870 e. The molecule has 0 fully saturated rings. The van der Waals surface area contributed by atoms with Crippen LogP contribution in [-0.2, 0) is 6.54 Å². The van der Waals surface area contributed by atoms with E-state index in [1.165, 1.54) is 11.1 Å². The van der Waals surface area contributed by atoms with Crippen LogP contribution in [0.1, 0.15) is 11.1 Å². The Morgan fingerprint density at radius 1 is 1.14 bits per heavy atom. The van der Waals surface area contributed by atoms with Crippen molar-refractivity contribution in [1.29, 1.82) is 0 Å². The van der Waals surface area contributed by atoms with Crippen LogP contribution in [0, 0.1) is 0 Å². The molecule has 1 aromatic rings. The highest BCUT2D eigenvalue weighted by Gasteiger charge is 2.07. The number of hydrogen-bond acceptors (Lipinski definition) is 1. The quantitative estimate of drug-likeness (QED) is 0.678. The number of nitrogens with zero attached hydrogens (tertiary/aromatic N) is 1. The molecule has 2 nitrogen and oxygen atoms in total. The average Bonchev–Trinajstić information content (AvgIpc) is 2.03. The molecule has 0 radical (unpaired) electrons. The van der Waals surface area contributed by atoms with Crippen LogP contribution >= 0.6 is 0 Å². The fraction of sp³-hybridized carbons (Fsp3) is 0.333. The van der Waals surface area contributed by atoms with Crippen molar-refractivity contribution in [1.82, 2.24) is 0 Å². The van der Waals surface area contributed by atoms with Crippen molar-refractivity contribution in [2.24, 2.45) is 0 Å². The molecule has 0 amide bonds. The van der Waals surface area contributed by atoms with E-state index in [0.717, 1.165) is 11.0 Å². The molecule has 0 aliphatic heterocycles. The Morgan fingerprint density at radius 2 is 1.64 bits per heavy atom. The number of quaternary nitrogens is 1. The molecule has 0 heterocycles. The van der Waals surface area contributed by atoms with Gasteiger partial charge in [-0.15, -0.1) is 0 Å².